The molecule has 2 aromatic rings. The highest BCUT2D eigenvalue weighted by Gasteiger charge is 2.06. The van der Waals surface area contributed by atoms with Crippen molar-refractivity contribution in [3.63, 3.8) is 0 Å². The van der Waals surface area contributed by atoms with Crippen molar-refractivity contribution in [1.29, 1.82) is 0 Å². The van der Waals surface area contributed by atoms with Crippen molar-refractivity contribution in [3.8, 4) is 0 Å². The van der Waals surface area contributed by atoms with Crippen LogP contribution in [0.15, 0.2) is 41.7 Å². The molecule has 2 rings (SSSR count). The van der Waals surface area contributed by atoms with Gasteiger partial charge in [-0.2, -0.15) is 5.10 Å². The van der Waals surface area contributed by atoms with Crippen molar-refractivity contribution in [2.45, 2.75) is 26.4 Å². The van der Waals surface area contributed by atoms with Gasteiger partial charge in [0, 0.05) is 44.9 Å². The number of hydrogen-bond acceptors (Lipinski definition) is 2. The average molecular weight is 462 g/mol. The van der Waals surface area contributed by atoms with E-state index >= 15 is 0 Å². The Bertz CT molecular complexity index is 639. The zero-order valence-electron chi connectivity index (χ0n) is 14.4. The number of aryl methyl sites for hydroxylation is 2. The SMILES string of the molecule is CN=C(NCCCn1cc(C)cn1)N(C)Cc1ccc(Cl)cc1.I. The molecule has 0 aliphatic carbocycles. The minimum atomic E-state index is 0. The second kappa shape index (κ2) is 10.6. The van der Waals surface area contributed by atoms with Crippen LogP contribution in [0.4, 0.5) is 0 Å². The second-order valence-corrected chi connectivity index (χ2v) is 6.03. The minimum Gasteiger partial charge on any atom is -0.356 e. The van der Waals surface area contributed by atoms with Gasteiger partial charge in [0.05, 0.1) is 6.20 Å². The van der Waals surface area contributed by atoms with E-state index in [1.54, 1.807) is 7.05 Å². The normalized spacial score (nSPS) is 11.1. The molecule has 7 heteroatoms. The van der Waals surface area contributed by atoms with Gasteiger partial charge in [-0.3, -0.25) is 9.67 Å². The van der Waals surface area contributed by atoms with Crippen LogP contribution in [0.1, 0.15) is 17.5 Å². The van der Waals surface area contributed by atoms with Crippen LogP contribution >= 0.6 is 35.6 Å². The summed E-state index contributed by atoms with van der Waals surface area (Å²) in [6, 6.07) is 7.89. The van der Waals surface area contributed by atoms with Gasteiger partial charge in [-0.05, 0) is 36.6 Å². The summed E-state index contributed by atoms with van der Waals surface area (Å²) >= 11 is 5.92. The van der Waals surface area contributed by atoms with Crippen LogP contribution in [0.3, 0.4) is 0 Å². The number of halogens is 2. The third-order valence-corrected chi connectivity index (χ3v) is 3.77. The number of aliphatic imine (C=N–C) groups is 1. The summed E-state index contributed by atoms with van der Waals surface area (Å²) in [5.74, 6) is 0.886. The van der Waals surface area contributed by atoms with Crippen LogP contribution in [-0.2, 0) is 13.1 Å². The Kier molecular flexibility index (Phi) is 9.13. The molecule has 1 aromatic carbocycles. The lowest BCUT2D eigenvalue weighted by Crippen LogP contribution is -2.39. The maximum Gasteiger partial charge on any atom is 0.193 e. The number of rotatable bonds is 6. The van der Waals surface area contributed by atoms with Crippen molar-refractivity contribution in [1.82, 2.24) is 20.0 Å². The fourth-order valence-electron chi connectivity index (χ4n) is 2.35. The summed E-state index contributed by atoms with van der Waals surface area (Å²) in [7, 11) is 3.83. The van der Waals surface area contributed by atoms with Gasteiger partial charge in [0.25, 0.3) is 0 Å². The third-order valence-electron chi connectivity index (χ3n) is 3.52. The predicted molar refractivity (Wildman–Crippen MR) is 111 cm³/mol. The van der Waals surface area contributed by atoms with E-state index in [1.165, 1.54) is 11.1 Å². The lowest BCUT2D eigenvalue weighted by atomic mass is 10.2. The number of aromatic nitrogens is 2. The van der Waals surface area contributed by atoms with E-state index in [0.29, 0.717) is 0 Å². The molecular formula is C17H25ClIN5. The highest BCUT2D eigenvalue weighted by molar-refractivity contribution is 14.0. The van der Waals surface area contributed by atoms with Gasteiger partial charge < -0.3 is 10.2 Å². The maximum atomic E-state index is 5.92. The zero-order valence-corrected chi connectivity index (χ0v) is 17.5. The summed E-state index contributed by atoms with van der Waals surface area (Å²) in [6.07, 6.45) is 4.93. The Morgan fingerprint density at radius 1 is 1.33 bits per heavy atom. The predicted octanol–water partition coefficient (Wildman–Crippen LogP) is 3.56. The van der Waals surface area contributed by atoms with Gasteiger partial charge >= 0.3 is 0 Å². The summed E-state index contributed by atoms with van der Waals surface area (Å²) < 4.78 is 1.97. The first-order valence-corrected chi connectivity index (χ1v) is 8.11. The second-order valence-electron chi connectivity index (χ2n) is 5.59. The molecule has 0 saturated heterocycles. The van der Waals surface area contributed by atoms with E-state index < -0.39 is 0 Å². The summed E-state index contributed by atoms with van der Waals surface area (Å²) in [6.45, 7) is 4.60. The van der Waals surface area contributed by atoms with Gasteiger partial charge in [-0.25, -0.2) is 0 Å². The monoisotopic (exact) mass is 461 g/mol. The van der Waals surface area contributed by atoms with Crippen LogP contribution in [-0.4, -0.2) is 41.3 Å². The van der Waals surface area contributed by atoms with Crippen LogP contribution in [0, 0.1) is 6.92 Å². The van der Waals surface area contributed by atoms with Crippen LogP contribution in [0.25, 0.3) is 0 Å². The molecule has 1 N–H and O–H groups in total. The molecule has 0 saturated carbocycles. The van der Waals surface area contributed by atoms with Crippen LogP contribution < -0.4 is 5.32 Å². The molecule has 5 nitrogen and oxygen atoms in total. The Hall–Kier alpha value is -1.28. The number of benzene rings is 1. The van der Waals surface area contributed by atoms with E-state index in [9.17, 15) is 0 Å². The highest BCUT2D eigenvalue weighted by atomic mass is 127. The quantitative estimate of drug-likeness (QED) is 0.310. The van der Waals surface area contributed by atoms with Crippen molar-refractivity contribution < 1.29 is 0 Å². The smallest absolute Gasteiger partial charge is 0.193 e. The molecule has 0 aliphatic heterocycles. The lowest BCUT2D eigenvalue weighted by molar-refractivity contribution is 0.471. The van der Waals surface area contributed by atoms with E-state index in [2.05, 4.69) is 33.4 Å². The largest absolute Gasteiger partial charge is 0.356 e. The fraction of sp³-hybridized carbons (Fsp3) is 0.412. The molecular weight excluding hydrogens is 437 g/mol. The molecule has 0 radical (unpaired) electrons. The number of guanidine groups is 1. The minimum absolute atomic E-state index is 0. The van der Waals surface area contributed by atoms with Crippen molar-refractivity contribution >= 4 is 41.5 Å². The fourth-order valence-corrected chi connectivity index (χ4v) is 2.48. The average Bonchev–Trinajstić information content (AvgIpc) is 2.95. The number of hydrogen-bond donors (Lipinski definition) is 1. The van der Waals surface area contributed by atoms with E-state index in [0.717, 1.165) is 37.0 Å². The number of nitrogens with one attached hydrogen (secondary N) is 1. The molecule has 0 amide bonds. The van der Waals surface area contributed by atoms with E-state index in [1.807, 2.05) is 42.2 Å². The molecule has 0 atom stereocenters. The topological polar surface area (TPSA) is 45.5 Å². The van der Waals surface area contributed by atoms with Crippen molar-refractivity contribution in [3.05, 3.63) is 52.8 Å². The van der Waals surface area contributed by atoms with Crippen molar-refractivity contribution in [2.75, 3.05) is 20.6 Å². The first kappa shape index (κ1) is 20.8. The van der Waals surface area contributed by atoms with Crippen LogP contribution in [0.2, 0.25) is 5.02 Å². The summed E-state index contributed by atoms with van der Waals surface area (Å²) in [5.41, 5.74) is 2.39. The molecule has 132 valence electrons. The molecule has 1 aromatic heterocycles. The number of nitrogens with zero attached hydrogens (tertiary/aromatic N) is 4. The molecule has 0 aliphatic rings. The first-order chi connectivity index (χ1) is 11.1. The van der Waals surface area contributed by atoms with Crippen molar-refractivity contribution in [2.24, 2.45) is 4.99 Å². The first-order valence-electron chi connectivity index (χ1n) is 7.74. The molecule has 24 heavy (non-hydrogen) atoms. The standard InChI is InChI=1S/C17H24ClN5.HI/c1-14-11-21-23(12-14)10-4-9-20-17(19-2)22(3)13-15-5-7-16(18)8-6-15;/h5-8,11-12H,4,9-10,13H2,1-3H3,(H,19,20);1H. The lowest BCUT2D eigenvalue weighted by Gasteiger charge is -2.22. The summed E-state index contributed by atoms with van der Waals surface area (Å²) in [5, 5.41) is 8.43. The molecule has 0 bridgehead atoms. The Balaban J connectivity index is 0.00000288. The van der Waals surface area contributed by atoms with Crippen LogP contribution in [0.5, 0.6) is 0 Å². The Morgan fingerprint density at radius 3 is 2.62 bits per heavy atom. The zero-order chi connectivity index (χ0) is 16.7. The molecule has 0 spiro atoms. The third kappa shape index (κ3) is 6.68. The van der Waals surface area contributed by atoms with E-state index in [4.69, 9.17) is 11.6 Å². The Labute approximate surface area is 166 Å². The Morgan fingerprint density at radius 2 is 2.04 bits per heavy atom. The molecule has 0 unspecified atom stereocenters. The van der Waals surface area contributed by atoms with Gasteiger partial charge in [0.15, 0.2) is 5.96 Å². The van der Waals surface area contributed by atoms with Gasteiger partial charge in [0.1, 0.15) is 0 Å². The van der Waals surface area contributed by atoms with Gasteiger partial charge in [0.2, 0.25) is 0 Å². The van der Waals surface area contributed by atoms with E-state index in [-0.39, 0.29) is 24.0 Å². The summed E-state index contributed by atoms with van der Waals surface area (Å²) in [4.78, 5) is 6.43. The molecule has 1 heterocycles. The highest BCUT2D eigenvalue weighted by Crippen LogP contribution is 2.10. The van der Waals surface area contributed by atoms with Gasteiger partial charge in [-0.1, -0.05) is 23.7 Å². The van der Waals surface area contributed by atoms with Gasteiger partial charge in [-0.15, -0.1) is 24.0 Å². The molecule has 0 fully saturated rings. The maximum absolute atomic E-state index is 5.92.